The quantitative estimate of drug-likeness (QED) is 0.728. The van der Waals surface area contributed by atoms with Gasteiger partial charge in [-0.1, -0.05) is 0 Å². The number of alkyl halides is 1. The Hall–Kier alpha value is -0.650. The van der Waals surface area contributed by atoms with Crippen LogP contribution in [0.4, 0.5) is 4.39 Å². The van der Waals surface area contributed by atoms with E-state index in [-0.39, 0.29) is 12.5 Å². The molecule has 1 aliphatic heterocycles. The molecule has 0 radical (unpaired) electrons. The summed E-state index contributed by atoms with van der Waals surface area (Å²) in [5, 5.41) is 0. The van der Waals surface area contributed by atoms with E-state index < -0.39 is 6.17 Å². The summed E-state index contributed by atoms with van der Waals surface area (Å²) < 4.78 is 14.0. The Morgan fingerprint density at radius 1 is 1.40 bits per heavy atom. The third kappa shape index (κ3) is 2.48. The number of benzene rings is 1. The first kappa shape index (κ1) is 10.9. The number of hydrogen-bond donors (Lipinski definition) is 0. The maximum atomic E-state index is 12.9. The van der Waals surface area contributed by atoms with E-state index in [1.807, 2.05) is 12.1 Å². The van der Waals surface area contributed by atoms with Crippen LogP contribution in [0.1, 0.15) is 16.8 Å². The smallest absolute Gasteiger partial charge is 0.253 e. The SMILES string of the molecule is O=C(c1ccc(I)cc1)N1CCC(F)C1. The average Bonchev–Trinajstić information content (AvgIpc) is 2.65. The Kier molecular flexibility index (Phi) is 3.23. The molecular formula is C11H11FINO. The molecule has 0 aliphatic carbocycles. The third-order valence-electron chi connectivity index (χ3n) is 2.51. The minimum Gasteiger partial charge on any atom is -0.336 e. The normalized spacial score (nSPS) is 20.7. The van der Waals surface area contributed by atoms with E-state index in [1.165, 1.54) is 0 Å². The van der Waals surface area contributed by atoms with Crippen LogP contribution in [0.2, 0.25) is 0 Å². The van der Waals surface area contributed by atoms with Crippen molar-refractivity contribution < 1.29 is 9.18 Å². The molecule has 1 aromatic rings. The van der Waals surface area contributed by atoms with E-state index in [0.717, 1.165) is 3.57 Å². The third-order valence-corrected chi connectivity index (χ3v) is 3.23. The highest BCUT2D eigenvalue weighted by atomic mass is 127. The minimum atomic E-state index is -0.849. The molecule has 0 bridgehead atoms. The maximum Gasteiger partial charge on any atom is 0.253 e. The Labute approximate surface area is 102 Å². The number of likely N-dealkylation sites (tertiary alicyclic amines) is 1. The van der Waals surface area contributed by atoms with E-state index in [0.29, 0.717) is 18.5 Å². The van der Waals surface area contributed by atoms with Crippen molar-refractivity contribution in [2.75, 3.05) is 13.1 Å². The van der Waals surface area contributed by atoms with Crippen LogP contribution in [0.15, 0.2) is 24.3 Å². The van der Waals surface area contributed by atoms with Crippen LogP contribution in [0.25, 0.3) is 0 Å². The van der Waals surface area contributed by atoms with Gasteiger partial charge in [-0.3, -0.25) is 4.79 Å². The van der Waals surface area contributed by atoms with Crippen LogP contribution in [-0.4, -0.2) is 30.1 Å². The van der Waals surface area contributed by atoms with Gasteiger partial charge in [0.05, 0.1) is 6.54 Å². The number of rotatable bonds is 1. The van der Waals surface area contributed by atoms with Gasteiger partial charge < -0.3 is 4.90 Å². The van der Waals surface area contributed by atoms with Crippen molar-refractivity contribution in [2.45, 2.75) is 12.6 Å². The minimum absolute atomic E-state index is 0.0634. The first-order chi connectivity index (χ1) is 7.16. The molecule has 1 saturated heterocycles. The molecule has 1 heterocycles. The Morgan fingerprint density at radius 3 is 2.60 bits per heavy atom. The average molecular weight is 319 g/mol. The molecule has 1 atom stereocenters. The van der Waals surface area contributed by atoms with Crippen LogP contribution >= 0.6 is 22.6 Å². The van der Waals surface area contributed by atoms with E-state index in [1.54, 1.807) is 17.0 Å². The zero-order valence-electron chi connectivity index (χ0n) is 8.12. The summed E-state index contributed by atoms with van der Waals surface area (Å²) in [7, 11) is 0. The fourth-order valence-corrected chi connectivity index (χ4v) is 2.04. The second-order valence-electron chi connectivity index (χ2n) is 3.64. The Bertz CT molecular complexity index is 365. The van der Waals surface area contributed by atoms with Gasteiger partial charge in [-0.15, -0.1) is 0 Å². The first-order valence-corrected chi connectivity index (χ1v) is 5.93. The van der Waals surface area contributed by atoms with Gasteiger partial charge in [0.2, 0.25) is 0 Å². The number of hydrogen-bond acceptors (Lipinski definition) is 1. The summed E-state index contributed by atoms with van der Waals surface area (Å²) in [5.74, 6) is -0.0634. The van der Waals surface area contributed by atoms with Gasteiger partial charge in [-0.05, 0) is 53.3 Å². The zero-order chi connectivity index (χ0) is 10.8. The fraction of sp³-hybridized carbons (Fsp3) is 0.364. The molecule has 2 rings (SSSR count). The van der Waals surface area contributed by atoms with E-state index in [9.17, 15) is 9.18 Å². The number of carbonyl (C=O) groups excluding carboxylic acids is 1. The highest BCUT2D eigenvalue weighted by Gasteiger charge is 2.26. The predicted molar refractivity (Wildman–Crippen MR) is 64.6 cm³/mol. The molecule has 0 N–H and O–H groups in total. The molecule has 0 spiro atoms. The molecule has 15 heavy (non-hydrogen) atoms. The van der Waals surface area contributed by atoms with Crippen LogP contribution in [0.5, 0.6) is 0 Å². The second-order valence-corrected chi connectivity index (χ2v) is 4.89. The highest BCUT2D eigenvalue weighted by Crippen LogP contribution is 2.16. The van der Waals surface area contributed by atoms with Crippen molar-refractivity contribution in [1.29, 1.82) is 0 Å². The standard InChI is InChI=1S/C11H11FINO/c12-9-5-6-14(7-9)11(15)8-1-3-10(13)4-2-8/h1-4,9H,5-7H2. The van der Waals surface area contributed by atoms with Crippen molar-refractivity contribution in [3.8, 4) is 0 Å². The molecule has 4 heteroatoms. The van der Waals surface area contributed by atoms with E-state index in [2.05, 4.69) is 22.6 Å². The molecule has 1 aromatic carbocycles. The largest absolute Gasteiger partial charge is 0.336 e. The molecule has 0 aromatic heterocycles. The topological polar surface area (TPSA) is 20.3 Å². The van der Waals surface area contributed by atoms with Gasteiger partial charge >= 0.3 is 0 Å². The van der Waals surface area contributed by atoms with Crippen molar-refractivity contribution in [2.24, 2.45) is 0 Å². The Balaban J connectivity index is 2.11. The monoisotopic (exact) mass is 319 g/mol. The number of nitrogens with zero attached hydrogens (tertiary/aromatic N) is 1. The summed E-state index contributed by atoms with van der Waals surface area (Å²) in [6.07, 6.45) is -0.381. The molecule has 0 saturated carbocycles. The van der Waals surface area contributed by atoms with Gasteiger partial charge in [0.25, 0.3) is 5.91 Å². The zero-order valence-corrected chi connectivity index (χ0v) is 10.3. The van der Waals surface area contributed by atoms with Crippen molar-refractivity contribution in [3.05, 3.63) is 33.4 Å². The first-order valence-electron chi connectivity index (χ1n) is 4.86. The van der Waals surface area contributed by atoms with Crippen molar-refractivity contribution in [1.82, 2.24) is 4.90 Å². The summed E-state index contributed by atoms with van der Waals surface area (Å²) in [6, 6.07) is 7.35. The number of halogens is 2. The molecule has 1 aliphatic rings. The molecule has 1 amide bonds. The predicted octanol–water partition coefficient (Wildman–Crippen LogP) is 2.48. The molecule has 80 valence electrons. The van der Waals surface area contributed by atoms with Crippen LogP contribution < -0.4 is 0 Å². The lowest BCUT2D eigenvalue weighted by Crippen LogP contribution is -2.28. The van der Waals surface area contributed by atoms with Gasteiger partial charge in [0, 0.05) is 15.7 Å². The Morgan fingerprint density at radius 2 is 2.07 bits per heavy atom. The van der Waals surface area contributed by atoms with Crippen molar-refractivity contribution >= 4 is 28.5 Å². The lowest BCUT2D eigenvalue weighted by molar-refractivity contribution is 0.0783. The molecular weight excluding hydrogens is 308 g/mol. The lowest BCUT2D eigenvalue weighted by atomic mass is 10.2. The second kappa shape index (κ2) is 4.47. The van der Waals surface area contributed by atoms with Gasteiger partial charge in [-0.25, -0.2) is 4.39 Å². The molecule has 2 nitrogen and oxygen atoms in total. The summed E-state index contributed by atoms with van der Waals surface area (Å²) in [6.45, 7) is 0.775. The fourth-order valence-electron chi connectivity index (χ4n) is 1.68. The van der Waals surface area contributed by atoms with Crippen molar-refractivity contribution in [3.63, 3.8) is 0 Å². The van der Waals surface area contributed by atoms with Crippen LogP contribution in [0, 0.1) is 3.57 Å². The number of amides is 1. The molecule has 1 unspecified atom stereocenters. The van der Waals surface area contributed by atoms with Gasteiger partial charge in [0.15, 0.2) is 0 Å². The maximum absolute atomic E-state index is 12.9. The summed E-state index contributed by atoms with van der Waals surface area (Å²) >= 11 is 2.19. The summed E-state index contributed by atoms with van der Waals surface area (Å²) in [4.78, 5) is 13.4. The van der Waals surface area contributed by atoms with Crippen LogP contribution in [0.3, 0.4) is 0 Å². The lowest BCUT2D eigenvalue weighted by Gasteiger charge is -2.14. The summed E-state index contributed by atoms with van der Waals surface area (Å²) in [5.41, 5.74) is 0.643. The van der Waals surface area contributed by atoms with E-state index in [4.69, 9.17) is 0 Å². The van der Waals surface area contributed by atoms with Gasteiger partial charge in [-0.2, -0.15) is 0 Å². The highest BCUT2D eigenvalue weighted by molar-refractivity contribution is 14.1. The molecule has 1 fully saturated rings. The number of carbonyl (C=O) groups is 1. The van der Waals surface area contributed by atoms with E-state index >= 15 is 0 Å². The van der Waals surface area contributed by atoms with Crippen LogP contribution in [-0.2, 0) is 0 Å². The van der Waals surface area contributed by atoms with Gasteiger partial charge in [0.1, 0.15) is 6.17 Å².